The maximum absolute atomic E-state index is 12.6. The Balaban J connectivity index is 2.24. The molecule has 0 atom stereocenters. The van der Waals surface area contributed by atoms with Gasteiger partial charge in [-0.3, -0.25) is 4.79 Å². The Kier molecular flexibility index (Phi) is 3.88. The van der Waals surface area contributed by atoms with Crippen LogP contribution in [0.4, 0.5) is 18.9 Å². The van der Waals surface area contributed by atoms with Crippen LogP contribution in [0.3, 0.4) is 0 Å². The Morgan fingerprint density at radius 1 is 1.14 bits per heavy atom. The van der Waals surface area contributed by atoms with Crippen molar-refractivity contribution in [1.82, 2.24) is 0 Å². The van der Waals surface area contributed by atoms with E-state index in [1.54, 1.807) is 6.92 Å². The second-order valence-electron chi connectivity index (χ2n) is 4.53. The van der Waals surface area contributed by atoms with Crippen LogP contribution in [0.25, 0.3) is 0 Å². The number of carbonyl (C=O) groups excluding carboxylic acids is 1. The number of halogens is 3. The standard InChI is InChI=1S/C15H12F3NO2/c1-9-7-12(20)5-6-13(9)14(21)19-11-4-2-3-10(8-11)15(16,17)18/h2-8,20H,1H3,(H,19,21). The van der Waals surface area contributed by atoms with E-state index in [9.17, 15) is 23.1 Å². The van der Waals surface area contributed by atoms with Crippen molar-refractivity contribution in [3.8, 4) is 5.75 Å². The van der Waals surface area contributed by atoms with E-state index in [0.717, 1.165) is 12.1 Å². The normalized spacial score (nSPS) is 11.2. The van der Waals surface area contributed by atoms with Gasteiger partial charge in [-0.25, -0.2) is 0 Å². The number of alkyl halides is 3. The number of aromatic hydroxyl groups is 1. The molecule has 0 aliphatic heterocycles. The molecule has 110 valence electrons. The minimum Gasteiger partial charge on any atom is -0.508 e. The summed E-state index contributed by atoms with van der Waals surface area (Å²) in [6, 6.07) is 8.56. The largest absolute Gasteiger partial charge is 0.508 e. The highest BCUT2D eigenvalue weighted by atomic mass is 19.4. The number of amides is 1. The molecule has 2 aromatic carbocycles. The molecule has 2 rings (SSSR count). The second kappa shape index (κ2) is 5.47. The summed E-state index contributed by atoms with van der Waals surface area (Å²) in [5.41, 5.74) is 0.0368. The first-order chi connectivity index (χ1) is 9.77. The Morgan fingerprint density at radius 2 is 1.86 bits per heavy atom. The van der Waals surface area contributed by atoms with Crippen LogP contribution in [-0.4, -0.2) is 11.0 Å². The first kappa shape index (κ1) is 14.9. The number of benzene rings is 2. The summed E-state index contributed by atoms with van der Waals surface area (Å²) >= 11 is 0. The quantitative estimate of drug-likeness (QED) is 0.880. The maximum Gasteiger partial charge on any atom is 0.416 e. The number of hydrogen-bond donors (Lipinski definition) is 2. The van der Waals surface area contributed by atoms with Gasteiger partial charge in [0, 0.05) is 11.3 Å². The van der Waals surface area contributed by atoms with E-state index in [2.05, 4.69) is 5.32 Å². The number of nitrogens with one attached hydrogen (secondary N) is 1. The lowest BCUT2D eigenvalue weighted by Gasteiger charge is -2.11. The predicted molar refractivity (Wildman–Crippen MR) is 72.2 cm³/mol. The number of phenols is 1. The Labute approximate surface area is 119 Å². The zero-order valence-electron chi connectivity index (χ0n) is 11.0. The molecule has 0 aliphatic carbocycles. The number of anilines is 1. The van der Waals surface area contributed by atoms with E-state index in [1.165, 1.54) is 30.3 Å². The highest BCUT2D eigenvalue weighted by molar-refractivity contribution is 6.05. The third-order valence-corrected chi connectivity index (χ3v) is 2.90. The lowest BCUT2D eigenvalue weighted by molar-refractivity contribution is -0.137. The molecule has 0 saturated carbocycles. The van der Waals surface area contributed by atoms with Crippen molar-refractivity contribution in [2.45, 2.75) is 13.1 Å². The van der Waals surface area contributed by atoms with Crippen LogP contribution >= 0.6 is 0 Å². The monoisotopic (exact) mass is 295 g/mol. The summed E-state index contributed by atoms with van der Waals surface area (Å²) in [7, 11) is 0. The second-order valence-corrected chi connectivity index (χ2v) is 4.53. The summed E-state index contributed by atoms with van der Waals surface area (Å²) in [5, 5.41) is 11.7. The minimum atomic E-state index is -4.46. The summed E-state index contributed by atoms with van der Waals surface area (Å²) < 4.78 is 37.8. The van der Waals surface area contributed by atoms with Gasteiger partial charge in [-0.15, -0.1) is 0 Å². The molecule has 21 heavy (non-hydrogen) atoms. The van der Waals surface area contributed by atoms with Gasteiger partial charge < -0.3 is 10.4 Å². The Bertz CT molecular complexity index is 681. The molecule has 2 aromatic rings. The molecule has 0 saturated heterocycles. The molecular formula is C15H12F3NO2. The van der Waals surface area contributed by atoms with Crippen LogP contribution in [0.1, 0.15) is 21.5 Å². The van der Waals surface area contributed by atoms with E-state index >= 15 is 0 Å². The molecule has 0 fully saturated rings. The van der Waals surface area contributed by atoms with Crippen molar-refractivity contribution in [3.05, 3.63) is 59.2 Å². The van der Waals surface area contributed by atoms with Gasteiger partial charge in [0.15, 0.2) is 0 Å². The molecule has 0 unspecified atom stereocenters. The van der Waals surface area contributed by atoms with Gasteiger partial charge in [-0.2, -0.15) is 13.2 Å². The highest BCUT2D eigenvalue weighted by Gasteiger charge is 2.30. The minimum absolute atomic E-state index is 0.0168. The zero-order chi connectivity index (χ0) is 15.6. The smallest absolute Gasteiger partial charge is 0.416 e. The van der Waals surface area contributed by atoms with E-state index in [1.807, 2.05) is 0 Å². The summed E-state index contributed by atoms with van der Waals surface area (Å²) in [4.78, 5) is 12.0. The van der Waals surface area contributed by atoms with Gasteiger partial charge in [0.1, 0.15) is 5.75 Å². The fraction of sp³-hybridized carbons (Fsp3) is 0.133. The molecule has 6 heteroatoms. The molecule has 1 amide bonds. The van der Waals surface area contributed by atoms with E-state index in [4.69, 9.17) is 0 Å². The average Bonchev–Trinajstić information content (AvgIpc) is 2.37. The SMILES string of the molecule is Cc1cc(O)ccc1C(=O)Nc1cccc(C(F)(F)F)c1. The first-order valence-corrected chi connectivity index (χ1v) is 6.05. The number of aryl methyl sites for hydroxylation is 1. The molecule has 0 bridgehead atoms. The third-order valence-electron chi connectivity index (χ3n) is 2.90. The fourth-order valence-corrected chi connectivity index (χ4v) is 1.87. The zero-order valence-corrected chi connectivity index (χ0v) is 11.0. The van der Waals surface area contributed by atoms with Crippen molar-refractivity contribution >= 4 is 11.6 Å². The number of phenolic OH excluding ortho intramolecular Hbond substituents is 1. The van der Waals surface area contributed by atoms with Crippen LogP contribution in [0.5, 0.6) is 5.75 Å². The van der Waals surface area contributed by atoms with Crippen molar-refractivity contribution in [2.24, 2.45) is 0 Å². The summed E-state index contributed by atoms with van der Waals surface area (Å²) in [6.07, 6.45) is -4.46. The van der Waals surface area contributed by atoms with E-state index in [-0.39, 0.29) is 17.0 Å². The topological polar surface area (TPSA) is 49.3 Å². The van der Waals surface area contributed by atoms with Crippen LogP contribution in [-0.2, 0) is 6.18 Å². The predicted octanol–water partition coefficient (Wildman–Crippen LogP) is 3.97. The average molecular weight is 295 g/mol. The van der Waals surface area contributed by atoms with E-state index in [0.29, 0.717) is 5.56 Å². The van der Waals surface area contributed by atoms with Crippen molar-refractivity contribution in [1.29, 1.82) is 0 Å². The van der Waals surface area contributed by atoms with Crippen LogP contribution < -0.4 is 5.32 Å². The first-order valence-electron chi connectivity index (χ1n) is 6.05. The number of carbonyl (C=O) groups is 1. The van der Waals surface area contributed by atoms with Crippen molar-refractivity contribution in [3.63, 3.8) is 0 Å². The van der Waals surface area contributed by atoms with Crippen LogP contribution in [0.2, 0.25) is 0 Å². The lowest BCUT2D eigenvalue weighted by atomic mass is 10.1. The molecule has 0 aromatic heterocycles. The van der Waals surface area contributed by atoms with Crippen LogP contribution in [0, 0.1) is 6.92 Å². The summed E-state index contributed by atoms with van der Waals surface area (Å²) in [5.74, 6) is -0.519. The third kappa shape index (κ3) is 3.53. The summed E-state index contributed by atoms with van der Waals surface area (Å²) in [6.45, 7) is 1.63. The fourth-order valence-electron chi connectivity index (χ4n) is 1.87. The number of rotatable bonds is 2. The maximum atomic E-state index is 12.6. The molecule has 2 N–H and O–H groups in total. The molecule has 0 aliphatic rings. The van der Waals surface area contributed by atoms with Crippen molar-refractivity contribution < 1.29 is 23.1 Å². The molecule has 0 radical (unpaired) electrons. The van der Waals surface area contributed by atoms with Gasteiger partial charge in [-0.1, -0.05) is 6.07 Å². The molecular weight excluding hydrogens is 283 g/mol. The molecule has 3 nitrogen and oxygen atoms in total. The Hall–Kier alpha value is -2.50. The molecule has 0 spiro atoms. The van der Waals surface area contributed by atoms with E-state index < -0.39 is 17.6 Å². The van der Waals surface area contributed by atoms with Gasteiger partial charge in [0.05, 0.1) is 5.56 Å². The van der Waals surface area contributed by atoms with Crippen molar-refractivity contribution in [2.75, 3.05) is 5.32 Å². The molecule has 0 heterocycles. The van der Waals surface area contributed by atoms with Crippen LogP contribution in [0.15, 0.2) is 42.5 Å². The highest BCUT2D eigenvalue weighted by Crippen LogP contribution is 2.30. The van der Waals surface area contributed by atoms with Gasteiger partial charge in [-0.05, 0) is 48.9 Å². The van der Waals surface area contributed by atoms with Gasteiger partial charge in [0.25, 0.3) is 5.91 Å². The Morgan fingerprint density at radius 3 is 2.48 bits per heavy atom. The lowest BCUT2D eigenvalue weighted by Crippen LogP contribution is -2.14. The number of hydrogen-bond acceptors (Lipinski definition) is 2. The van der Waals surface area contributed by atoms with Gasteiger partial charge in [0.2, 0.25) is 0 Å². The van der Waals surface area contributed by atoms with Gasteiger partial charge >= 0.3 is 6.18 Å².